The van der Waals surface area contributed by atoms with Gasteiger partial charge in [-0.25, -0.2) is 17.9 Å². The Labute approximate surface area is 118 Å². The van der Waals surface area contributed by atoms with Crippen LogP contribution < -0.4 is 15.4 Å². The number of carbonyl (C=O) groups is 2. The summed E-state index contributed by atoms with van der Waals surface area (Å²) in [5.74, 6) is -1.16. The van der Waals surface area contributed by atoms with E-state index in [4.69, 9.17) is 0 Å². The van der Waals surface area contributed by atoms with Crippen molar-refractivity contribution in [3.8, 4) is 0 Å². The van der Waals surface area contributed by atoms with E-state index in [1.807, 2.05) is 0 Å². The van der Waals surface area contributed by atoms with Crippen molar-refractivity contribution in [3.63, 3.8) is 0 Å². The van der Waals surface area contributed by atoms with Crippen LogP contribution in [0.2, 0.25) is 0 Å². The van der Waals surface area contributed by atoms with Gasteiger partial charge in [0.25, 0.3) is 0 Å². The lowest BCUT2D eigenvalue weighted by molar-refractivity contribution is -0.148. The zero-order valence-electron chi connectivity index (χ0n) is 11.6. The first kappa shape index (κ1) is 16.7. The highest BCUT2D eigenvalue weighted by molar-refractivity contribution is 7.89. The van der Waals surface area contributed by atoms with E-state index in [1.165, 1.54) is 7.05 Å². The highest BCUT2D eigenvalue weighted by atomic mass is 32.2. The number of nitrogens with one attached hydrogen (secondary N) is 3. The van der Waals surface area contributed by atoms with Gasteiger partial charge in [0, 0.05) is 12.6 Å². The maximum absolute atomic E-state index is 11.7. The average molecular weight is 307 g/mol. The molecule has 0 aromatic carbocycles. The van der Waals surface area contributed by atoms with Gasteiger partial charge in [-0.05, 0) is 26.8 Å². The first-order chi connectivity index (χ1) is 9.21. The van der Waals surface area contributed by atoms with Gasteiger partial charge in [-0.3, -0.25) is 4.79 Å². The van der Waals surface area contributed by atoms with E-state index in [0.717, 1.165) is 6.42 Å². The van der Waals surface area contributed by atoms with Crippen LogP contribution in [0, 0.1) is 5.41 Å². The van der Waals surface area contributed by atoms with Crippen LogP contribution in [0.25, 0.3) is 0 Å². The number of urea groups is 1. The van der Waals surface area contributed by atoms with Crippen LogP contribution in [0.15, 0.2) is 0 Å². The summed E-state index contributed by atoms with van der Waals surface area (Å²) in [6.45, 7) is 1.57. The number of carboxylic acid groups (broad SMARTS) is 1. The summed E-state index contributed by atoms with van der Waals surface area (Å²) in [7, 11) is -2.07. The van der Waals surface area contributed by atoms with Gasteiger partial charge in [0.05, 0.1) is 11.2 Å². The summed E-state index contributed by atoms with van der Waals surface area (Å²) < 4.78 is 24.5. The second-order valence-electron chi connectivity index (χ2n) is 5.09. The average Bonchev–Trinajstić information content (AvgIpc) is 2.72. The van der Waals surface area contributed by atoms with Gasteiger partial charge >= 0.3 is 12.0 Å². The van der Waals surface area contributed by atoms with Crippen LogP contribution in [0.4, 0.5) is 4.79 Å². The molecule has 0 radical (unpaired) electrons. The molecule has 0 spiro atoms. The maximum Gasteiger partial charge on any atom is 0.315 e. The fraction of sp³-hybridized carbons (Fsp3) is 0.818. The number of rotatable bonds is 6. The molecule has 2 unspecified atom stereocenters. The number of hydrogen-bond acceptors (Lipinski definition) is 4. The molecule has 8 nitrogen and oxygen atoms in total. The maximum atomic E-state index is 11.7. The molecule has 0 heterocycles. The number of carboxylic acids is 1. The van der Waals surface area contributed by atoms with Crippen LogP contribution in [-0.2, 0) is 14.8 Å². The molecule has 2 atom stereocenters. The highest BCUT2D eigenvalue weighted by Crippen LogP contribution is 2.38. The summed E-state index contributed by atoms with van der Waals surface area (Å²) in [6.07, 6.45) is 1.86. The lowest BCUT2D eigenvalue weighted by atomic mass is 9.85. The molecule has 1 fully saturated rings. The van der Waals surface area contributed by atoms with Gasteiger partial charge in [0.2, 0.25) is 10.0 Å². The van der Waals surface area contributed by atoms with Crippen LogP contribution in [0.1, 0.15) is 26.2 Å². The van der Waals surface area contributed by atoms with Crippen molar-refractivity contribution in [2.24, 2.45) is 5.41 Å². The lowest BCUT2D eigenvalue weighted by Crippen LogP contribution is -2.50. The largest absolute Gasteiger partial charge is 0.481 e. The molecule has 1 saturated carbocycles. The quantitative estimate of drug-likeness (QED) is 0.525. The summed E-state index contributed by atoms with van der Waals surface area (Å²) in [5.41, 5.74) is -0.964. The number of carbonyl (C=O) groups excluding carboxylic acids is 1. The van der Waals surface area contributed by atoms with E-state index in [0.29, 0.717) is 12.8 Å². The second-order valence-corrected chi connectivity index (χ2v) is 7.14. The first-order valence-corrected chi connectivity index (χ1v) is 8.05. The Bertz CT molecular complexity index is 478. The number of aliphatic carboxylic acids is 1. The van der Waals surface area contributed by atoms with Crippen molar-refractivity contribution in [2.75, 3.05) is 19.3 Å². The Morgan fingerprint density at radius 3 is 2.60 bits per heavy atom. The van der Waals surface area contributed by atoms with E-state index in [1.54, 1.807) is 6.92 Å². The summed E-state index contributed by atoms with van der Waals surface area (Å²) in [5, 5.41) is 14.2. The zero-order valence-corrected chi connectivity index (χ0v) is 12.4. The fourth-order valence-corrected chi connectivity index (χ4v) is 2.84. The molecule has 20 heavy (non-hydrogen) atoms. The molecule has 116 valence electrons. The third kappa shape index (κ3) is 4.07. The minimum atomic E-state index is -3.37. The summed E-state index contributed by atoms with van der Waals surface area (Å²) >= 11 is 0. The molecule has 1 aliphatic rings. The first-order valence-electron chi connectivity index (χ1n) is 6.40. The molecule has 4 N–H and O–H groups in total. The Hall–Kier alpha value is -1.35. The molecular weight excluding hydrogens is 286 g/mol. The molecule has 1 aliphatic carbocycles. The molecule has 1 rings (SSSR count). The van der Waals surface area contributed by atoms with Crippen molar-refractivity contribution in [1.29, 1.82) is 0 Å². The van der Waals surface area contributed by atoms with E-state index in [9.17, 15) is 23.1 Å². The van der Waals surface area contributed by atoms with Crippen molar-refractivity contribution < 1.29 is 23.1 Å². The van der Waals surface area contributed by atoms with E-state index < -0.39 is 33.5 Å². The summed E-state index contributed by atoms with van der Waals surface area (Å²) in [4.78, 5) is 22.9. The predicted molar refractivity (Wildman–Crippen MR) is 72.8 cm³/mol. The monoisotopic (exact) mass is 307 g/mol. The third-order valence-corrected chi connectivity index (χ3v) is 5.08. The molecule has 0 aliphatic heterocycles. The Kier molecular flexibility index (Phi) is 5.35. The van der Waals surface area contributed by atoms with E-state index in [-0.39, 0.29) is 12.3 Å². The van der Waals surface area contributed by atoms with Crippen LogP contribution in [0.5, 0.6) is 0 Å². The molecular formula is C11H21N3O5S. The van der Waals surface area contributed by atoms with E-state index in [2.05, 4.69) is 15.4 Å². The molecule has 9 heteroatoms. The lowest BCUT2D eigenvalue weighted by Gasteiger charge is -2.27. The van der Waals surface area contributed by atoms with Crippen molar-refractivity contribution in [1.82, 2.24) is 15.4 Å². The standard InChI is InChI=1S/C11H21N3O5S/c1-11(9(15)16)5-3-4-8(11)14-10(17)13-6-7-20(18,19)12-2/h8,12H,3-7H2,1-2H3,(H,15,16)(H2,13,14,17). The second kappa shape index (κ2) is 6.40. The molecule has 2 amide bonds. The van der Waals surface area contributed by atoms with Crippen molar-refractivity contribution >= 4 is 22.0 Å². The van der Waals surface area contributed by atoms with Crippen LogP contribution in [-0.4, -0.2) is 50.9 Å². The number of amides is 2. The Morgan fingerprint density at radius 1 is 1.40 bits per heavy atom. The molecule has 0 aromatic rings. The fourth-order valence-electron chi connectivity index (χ4n) is 2.26. The van der Waals surface area contributed by atoms with Crippen molar-refractivity contribution in [2.45, 2.75) is 32.2 Å². The molecule has 0 aromatic heterocycles. The zero-order chi connectivity index (χ0) is 15.4. The highest BCUT2D eigenvalue weighted by Gasteiger charge is 2.45. The normalized spacial score (nSPS) is 26.2. The minimum absolute atomic E-state index is 0.0362. The number of hydrogen-bond donors (Lipinski definition) is 4. The van der Waals surface area contributed by atoms with Crippen molar-refractivity contribution in [3.05, 3.63) is 0 Å². The molecule has 0 bridgehead atoms. The minimum Gasteiger partial charge on any atom is -0.481 e. The SMILES string of the molecule is CNS(=O)(=O)CCNC(=O)NC1CCCC1(C)C(=O)O. The van der Waals surface area contributed by atoms with Gasteiger partial charge in [-0.2, -0.15) is 0 Å². The van der Waals surface area contributed by atoms with Gasteiger partial charge in [0.1, 0.15) is 0 Å². The van der Waals surface area contributed by atoms with Gasteiger partial charge < -0.3 is 15.7 Å². The topological polar surface area (TPSA) is 125 Å². The van der Waals surface area contributed by atoms with Gasteiger partial charge in [0.15, 0.2) is 0 Å². The number of sulfonamides is 1. The molecule has 0 saturated heterocycles. The van der Waals surface area contributed by atoms with Crippen LogP contribution in [0.3, 0.4) is 0 Å². The van der Waals surface area contributed by atoms with Crippen LogP contribution >= 0.6 is 0 Å². The third-order valence-electron chi connectivity index (χ3n) is 3.72. The Balaban J connectivity index is 2.45. The smallest absolute Gasteiger partial charge is 0.315 e. The Morgan fingerprint density at radius 2 is 2.05 bits per heavy atom. The summed E-state index contributed by atoms with van der Waals surface area (Å²) in [6, 6.07) is -0.989. The predicted octanol–water partition coefficient (Wildman–Crippen LogP) is -0.522. The van der Waals surface area contributed by atoms with E-state index >= 15 is 0 Å². The van der Waals surface area contributed by atoms with Gasteiger partial charge in [-0.15, -0.1) is 0 Å². The van der Waals surface area contributed by atoms with Gasteiger partial charge in [-0.1, -0.05) is 6.42 Å².